The number of amides is 1. The van der Waals surface area contributed by atoms with E-state index in [0.29, 0.717) is 5.75 Å². The lowest BCUT2D eigenvalue weighted by molar-refractivity contribution is -0.121. The Hall–Kier alpha value is -3.32. The number of rotatable bonds is 7. The lowest BCUT2D eigenvalue weighted by Gasteiger charge is -2.18. The molecule has 7 heteroatoms. The maximum Gasteiger partial charge on any atom is 0.226 e. The Morgan fingerprint density at radius 2 is 1.97 bits per heavy atom. The lowest BCUT2D eigenvalue weighted by atomic mass is 10.1. The molecule has 4 aromatic rings. The Balaban J connectivity index is 1.50. The van der Waals surface area contributed by atoms with Gasteiger partial charge < -0.3 is 14.8 Å². The van der Waals surface area contributed by atoms with Crippen molar-refractivity contribution in [2.75, 3.05) is 14.2 Å². The van der Waals surface area contributed by atoms with Gasteiger partial charge in [0.1, 0.15) is 11.5 Å². The number of fused-ring (bicyclic) bond motifs is 1. The van der Waals surface area contributed by atoms with Crippen LogP contribution in [0.2, 0.25) is 0 Å². The third-order valence-electron chi connectivity index (χ3n) is 4.98. The number of nitrogens with zero attached hydrogens (tertiary/aromatic N) is 2. The average Bonchev–Trinajstić information content (AvgIpc) is 3.35. The second-order valence-electron chi connectivity index (χ2n) is 6.95. The van der Waals surface area contributed by atoms with E-state index in [9.17, 15) is 4.79 Å². The summed E-state index contributed by atoms with van der Waals surface area (Å²) in [7, 11) is 3.23. The first kappa shape index (κ1) is 20.0. The molecule has 0 bridgehead atoms. The van der Waals surface area contributed by atoms with Gasteiger partial charge in [0.2, 0.25) is 5.91 Å². The summed E-state index contributed by atoms with van der Waals surface area (Å²) < 4.78 is 12.7. The summed E-state index contributed by atoms with van der Waals surface area (Å²) in [5.41, 5.74) is 3.74. The number of ether oxygens (including phenoxy) is 2. The van der Waals surface area contributed by atoms with Crippen LogP contribution in [0.4, 0.5) is 0 Å². The SMILES string of the molecule is COc1ccc(OC)c(C(C)NC(=O)Cc2csc3nc(-c4ccccc4)cn23)c1. The summed E-state index contributed by atoms with van der Waals surface area (Å²) in [4.78, 5) is 18.3. The first-order chi connectivity index (χ1) is 14.6. The summed E-state index contributed by atoms with van der Waals surface area (Å²) >= 11 is 1.53. The van der Waals surface area contributed by atoms with E-state index in [4.69, 9.17) is 9.47 Å². The van der Waals surface area contributed by atoms with E-state index in [2.05, 4.69) is 10.3 Å². The lowest BCUT2D eigenvalue weighted by Crippen LogP contribution is -2.28. The van der Waals surface area contributed by atoms with E-state index >= 15 is 0 Å². The Bertz CT molecular complexity index is 1170. The summed E-state index contributed by atoms with van der Waals surface area (Å²) in [6.07, 6.45) is 2.25. The number of carbonyl (C=O) groups excluding carboxylic acids is 1. The van der Waals surface area contributed by atoms with Crippen LogP contribution in [-0.2, 0) is 11.2 Å². The van der Waals surface area contributed by atoms with Crippen LogP contribution in [0.1, 0.15) is 24.2 Å². The Labute approximate surface area is 179 Å². The summed E-state index contributed by atoms with van der Waals surface area (Å²) in [6.45, 7) is 1.93. The number of imidazole rings is 1. The monoisotopic (exact) mass is 421 g/mol. The van der Waals surface area contributed by atoms with Crippen molar-refractivity contribution >= 4 is 22.2 Å². The van der Waals surface area contributed by atoms with Crippen LogP contribution >= 0.6 is 11.3 Å². The van der Waals surface area contributed by atoms with E-state index < -0.39 is 0 Å². The molecule has 0 saturated heterocycles. The van der Waals surface area contributed by atoms with Gasteiger partial charge in [0.05, 0.1) is 32.4 Å². The number of nitrogens with one attached hydrogen (secondary N) is 1. The van der Waals surface area contributed by atoms with Gasteiger partial charge in [0.25, 0.3) is 0 Å². The number of hydrogen-bond donors (Lipinski definition) is 1. The molecule has 0 aliphatic carbocycles. The molecule has 1 unspecified atom stereocenters. The Morgan fingerprint density at radius 3 is 2.70 bits per heavy atom. The minimum Gasteiger partial charge on any atom is -0.497 e. The van der Waals surface area contributed by atoms with Crippen molar-refractivity contribution in [2.45, 2.75) is 19.4 Å². The van der Waals surface area contributed by atoms with Crippen molar-refractivity contribution in [3.8, 4) is 22.8 Å². The quantitative estimate of drug-likeness (QED) is 0.477. The molecule has 2 aromatic heterocycles. The summed E-state index contributed by atoms with van der Waals surface area (Å²) in [5.74, 6) is 1.36. The fourth-order valence-corrected chi connectivity index (χ4v) is 4.29. The van der Waals surface area contributed by atoms with Crippen molar-refractivity contribution in [1.29, 1.82) is 0 Å². The van der Waals surface area contributed by atoms with Crippen LogP contribution in [0.15, 0.2) is 60.1 Å². The zero-order chi connectivity index (χ0) is 21.1. The minimum atomic E-state index is -0.223. The van der Waals surface area contributed by atoms with Gasteiger partial charge in [0, 0.05) is 28.4 Å². The molecule has 30 heavy (non-hydrogen) atoms. The number of benzene rings is 2. The molecule has 6 nitrogen and oxygen atoms in total. The fraction of sp³-hybridized carbons (Fsp3) is 0.217. The molecule has 1 N–H and O–H groups in total. The van der Waals surface area contributed by atoms with Crippen molar-refractivity contribution in [3.63, 3.8) is 0 Å². The predicted octanol–water partition coefficient (Wildman–Crippen LogP) is 4.50. The van der Waals surface area contributed by atoms with Gasteiger partial charge >= 0.3 is 0 Å². The highest BCUT2D eigenvalue weighted by atomic mass is 32.1. The number of aromatic nitrogens is 2. The molecule has 0 aliphatic heterocycles. The third kappa shape index (κ3) is 4.02. The number of carbonyl (C=O) groups is 1. The Kier molecular flexibility index (Phi) is 5.72. The standard InChI is InChI=1S/C23H23N3O3S/c1-15(19-12-18(28-2)9-10-21(19)29-3)24-22(27)11-17-14-30-23-25-20(13-26(17)23)16-7-5-4-6-8-16/h4-10,12-15H,11H2,1-3H3,(H,24,27). The first-order valence-electron chi connectivity index (χ1n) is 9.61. The van der Waals surface area contributed by atoms with Gasteiger partial charge in [-0.15, -0.1) is 11.3 Å². The van der Waals surface area contributed by atoms with Gasteiger partial charge in [-0.3, -0.25) is 9.20 Å². The molecule has 4 rings (SSSR count). The van der Waals surface area contributed by atoms with E-state index in [1.807, 2.05) is 71.4 Å². The summed E-state index contributed by atoms with van der Waals surface area (Å²) in [6, 6.07) is 15.4. The number of methoxy groups -OCH3 is 2. The molecule has 0 radical (unpaired) electrons. The normalized spacial score (nSPS) is 12.0. The van der Waals surface area contributed by atoms with Crippen molar-refractivity contribution in [2.24, 2.45) is 0 Å². The van der Waals surface area contributed by atoms with Crippen molar-refractivity contribution in [3.05, 3.63) is 71.4 Å². The Morgan fingerprint density at radius 1 is 1.17 bits per heavy atom. The van der Waals surface area contributed by atoms with Gasteiger partial charge in [-0.25, -0.2) is 4.98 Å². The zero-order valence-electron chi connectivity index (χ0n) is 17.1. The molecule has 1 amide bonds. The fourth-order valence-electron chi connectivity index (χ4n) is 3.42. The molecule has 0 saturated carbocycles. The molecule has 2 aromatic carbocycles. The maximum atomic E-state index is 12.8. The van der Waals surface area contributed by atoms with Crippen LogP contribution in [0.5, 0.6) is 11.5 Å². The topological polar surface area (TPSA) is 64.9 Å². The average molecular weight is 422 g/mol. The highest BCUT2D eigenvalue weighted by Gasteiger charge is 2.17. The molecule has 154 valence electrons. The van der Waals surface area contributed by atoms with Gasteiger partial charge in [-0.2, -0.15) is 0 Å². The summed E-state index contributed by atoms with van der Waals surface area (Å²) in [5, 5.41) is 5.04. The molecule has 1 atom stereocenters. The van der Waals surface area contributed by atoms with Gasteiger partial charge in [0.15, 0.2) is 4.96 Å². The van der Waals surface area contributed by atoms with Crippen LogP contribution in [-0.4, -0.2) is 29.5 Å². The van der Waals surface area contributed by atoms with Crippen LogP contribution in [0.3, 0.4) is 0 Å². The van der Waals surface area contributed by atoms with Gasteiger partial charge in [-0.05, 0) is 25.1 Å². The molecular weight excluding hydrogens is 398 g/mol. The molecule has 0 fully saturated rings. The maximum absolute atomic E-state index is 12.8. The van der Waals surface area contributed by atoms with E-state index in [1.54, 1.807) is 14.2 Å². The highest BCUT2D eigenvalue weighted by Crippen LogP contribution is 2.29. The molecule has 0 aliphatic rings. The van der Waals surface area contributed by atoms with Crippen molar-refractivity contribution < 1.29 is 14.3 Å². The minimum absolute atomic E-state index is 0.0676. The molecule has 0 spiro atoms. The number of hydrogen-bond acceptors (Lipinski definition) is 5. The molecular formula is C23H23N3O3S. The zero-order valence-corrected chi connectivity index (χ0v) is 17.9. The smallest absolute Gasteiger partial charge is 0.226 e. The second kappa shape index (κ2) is 8.59. The van der Waals surface area contributed by atoms with E-state index in [-0.39, 0.29) is 18.4 Å². The highest BCUT2D eigenvalue weighted by molar-refractivity contribution is 7.15. The van der Waals surface area contributed by atoms with Gasteiger partial charge in [-0.1, -0.05) is 30.3 Å². The predicted molar refractivity (Wildman–Crippen MR) is 118 cm³/mol. The van der Waals surface area contributed by atoms with Crippen LogP contribution in [0.25, 0.3) is 16.2 Å². The number of thiazole rings is 1. The largest absolute Gasteiger partial charge is 0.497 e. The second-order valence-corrected chi connectivity index (χ2v) is 7.78. The van der Waals surface area contributed by atoms with E-state index in [0.717, 1.165) is 33.2 Å². The van der Waals surface area contributed by atoms with Crippen LogP contribution < -0.4 is 14.8 Å². The van der Waals surface area contributed by atoms with Crippen molar-refractivity contribution in [1.82, 2.24) is 14.7 Å². The third-order valence-corrected chi connectivity index (χ3v) is 5.86. The van der Waals surface area contributed by atoms with Crippen LogP contribution in [0, 0.1) is 0 Å². The van der Waals surface area contributed by atoms with E-state index in [1.165, 1.54) is 11.3 Å². The molecule has 2 heterocycles. The first-order valence-corrected chi connectivity index (χ1v) is 10.5.